The minimum Gasteiger partial charge on any atom is -0.469 e. The first kappa shape index (κ1) is 16.6. The molecule has 26 heavy (non-hydrogen) atoms. The van der Waals surface area contributed by atoms with Crippen molar-refractivity contribution in [3.05, 3.63) is 29.6 Å². The number of benzene rings is 1. The smallest absolute Gasteiger partial charge is 0.332 e. The van der Waals surface area contributed by atoms with E-state index in [4.69, 9.17) is 4.74 Å². The number of anilines is 1. The van der Waals surface area contributed by atoms with Crippen molar-refractivity contribution in [3.63, 3.8) is 0 Å². The summed E-state index contributed by atoms with van der Waals surface area (Å²) in [4.78, 5) is 40.0. The molecule has 0 saturated carbocycles. The maximum atomic E-state index is 12.8. The second kappa shape index (κ2) is 6.49. The number of urea groups is 1. The van der Waals surface area contributed by atoms with E-state index < -0.39 is 6.04 Å². The van der Waals surface area contributed by atoms with E-state index in [9.17, 15) is 14.4 Å². The molecule has 134 valence electrons. The summed E-state index contributed by atoms with van der Waals surface area (Å²) < 4.78 is 8.61. The van der Waals surface area contributed by atoms with Gasteiger partial charge in [-0.2, -0.15) is 0 Å². The zero-order chi connectivity index (χ0) is 18.3. The molecule has 9 heteroatoms. The highest BCUT2D eigenvalue weighted by molar-refractivity contribution is 7.03. The van der Waals surface area contributed by atoms with E-state index in [0.29, 0.717) is 25.1 Å². The van der Waals surface area contributed by atoms with Gasteiger partial charge in [-0.05, 0) is 36.5 Å². The van der Waals surface area contributed by atoms with Gasteiger partial charge in [-0.25, -0.2) is 9.69 Å². The molecule has 2 aliphatic rings. The highest BCUT2D eigenvalue weighted by Crippen LogP contribution is 2.34. The first-order chi connectivity index (χ1) is 12.6. The molecule has 2 aromatic rings. The molecule has 8 nitrogen and oxygen atoms in total. The topological polar surface area (TPSA) is 92.7 Å². The van der Waals surface area contributed by atoms with Gasteiger partial charge in [-0.15, -0.1) is 5.10 Å². The molecule has 3 amide bonds. The number of ether oxygens (including phenoxy) is 1. The van der Waals surface area contributed by atoms with Crippen molar-refractivity contribution in [3.8, 4) is 11.3 Å². The maximum Gasteiger partial charge on any atom is 0.332 e. The van der Waals surface area contributed by atoms with Gasteiger partial charge in [-0.3, -0.25) is 9.59 Å². The second-order valence-electron chi connectivity index (χ2n) is 6.25. The second-order valence-corrected chi connectivity index (χ2v) is 6.86. The summed E-state index contributed by atoms with van der Waals surface area (Å²) in [6.45, 7) is 0.369. The van der Waals surface area contributed by atoms with Crippen LogP contribution in [-0.4, -0.2) is 52.1 Å². The molecule has 4 rings (SSSR count). The molecule has 0 aliphatic carbocycles. The van der Waals surface area contributed by atoms with Crippen LogP contribution in [0.15, 0.2) is 29.6 Å². The van der Waals surface area contributed by atoms with Crippen LogP contribution in [0.3, 0.4) is 0 Å². The van der Waals surface area contributed by atoms with Crippen molar-refractivity contribution in [2.75, 3.05) is 18.6 Å². The lowest BCUT2D eigenvalue weighted by Crippen LogP contribution is -2.44. The van der Waals surface area contributed by atoms with Crippen LogP contribution in [0, 0.1) is 5.92 Å². The molecule has 1 aromatic heterocycles. The van der Waals surface area contributed by atoms with E-state index >= 15 is 0 Å². The number of methoxy groups -OCH3 is 1. The molecule has 2 saturated heterocycles. The standard InChI is InChI=1S/C17H16N4O4S/c1-25-16(23)11-6-7-20-14(8-11)15(22)21(17(20)24)12-4-2-10(3-5-12)13-9-26-19-18-13/h2-5,9,11,14H,6-8H2,1H3. The predicted octanol–water partition coefficient (Wildman–Crippen LogP) is 1.93. The Balaban J connectivity index is 1.57. The van der Waals surface area contributed by atoms with Crippen LogP contribution in [0.4, 0.5) is 10.5 Å². The molecule has 0 radical (unpaired) electrons. The zero-order valence-electron chi connectivity index (χ0n) is 14.0. The maximum absolute atomic E-state index is 12.8. The van der Waals surface area contributed by atoms with Crippen LogP contribution < -0.4 is 4.90 Å². The summed E-state index contributed by atoms with van der Waals surface area (Å²) in [5, 5.41) is 5.83. The van der Waals surface area contributed by atoms with Gasteiger partial charge in [0, 0.05) is 17.5 Å². The summed E-state index contributed by atoms with van der Waals surface area (Å²) in [5.41, 5.74) is 2.12. The lowest BCUT2D eigenvalue weighted by Gasteiger charge is -2.30. The number of fused-ring (bicyclic) bond motifs is 1. The monoisotopic (exact) mass is 372 g/mol. The minimum absolute atomic E-state index is 0.299. The molecular formula is C17H16N4O4S. The molecule has 0 spiro atoms. The Hall–Kier alpha value is -2.81. The lowest BCUT2D eigenvalue weighted by molar-refractivity contribution is -0.147. The number of hydrogen-bond acceptors (Lipinski definition) is 7. The van der Waals surface area contributed by atoms with Gasteiger partial charge in [0.25, 0.3) is 5.91 Å². The molecule has 0 N–H and O–H groups in total. The third kappa shape index (κ3) is 2.64. The number of imide groups is 1. The number of piperidine rings is 1. The number of hydrogen-bond donors (Lipinski definition) is 0. The van der Waals surface area contributed by atoms with Crippen molar-refractivity contribution >= 4 is 35.1 Å². The van der Waals surface area contributed by atoms with Crippen LogP contribution in [0.25, 0.3) is 11.3 Å². The average Bonchev–Trinajstić information content (AvgIpc) is 3.29. The molecule has 0 bridgehead atoms. The Labute approximate surface area is 153 Å². The number of aromatic nitrogens is 2. The van der Waals surface area contributed by atoms with Crippen LogP contribution in [0.2, 0.25) is 0 Å². The third-order valence-electron chi connectivity index (χ3n) is 4.86. The largest absolute Gasteiger partial charge is 0.469 e. The summed E-state index contributed by atoms with van der Waals surface area (Å²) in [6.07, 6.45) is 0.808. The number of nitrogens with zero attached hydrogens (tertiary/aromatic N) is 4. The Kier molecular flexibility index (Phi) is 4.15. The molecule has 2 unspecified atom stereocenters. The van der Waals surface area contributed by atoms with Gasteiger partial charge in [0.05, 0.1) is 18.7 Å². The molecule has 3 heterocycles. The SMILES string of the molecule is COC(=O)C1CCN2C(=O)N(c3ccc(-c4csnn4)cc3)C(=O)C2C1. The average molecular weight is 372 g/mol. The Morgan fingerprint density at radius 1 is 1.27 bits per heavy atom. The Morgan fingerprint density at radius 3 is 2.69 bits per heavy atom. The number of carbonyl (C=O) groups is 3. The fourth-order valence-corrected chi connectivity index (χ4v) is 3.96. The van der Waals surface area contributed by atoms with Crippen molar-refractivity contribution in [2.24, 2.45) is 5.92 Å². The van der Waals surface area contributed by atoms with Gasteiger partial charge in [0.1, 0.15) is 11.7 Å². The zero-order valence-corrected chi connectivity index (χ0v) is 14.8. The number of rotatable bonds is 3. The van der Waals surface area contributed by atoms with Crippen molar-refractivity contribution in [1.82, 2.24) is 14.5 Å². The number of amides is 3. The summed E-state index contributed by atoms with van der Waals surface area (Å²) >= 11 is 1.26. The van der Waals surface area contributed by atoms with Crippen molar-refractivity contribution < 1.29 is 19.1 Å². The highest BCUT2D eigenvalue weighted by atomic mass is 32.1. The van der Waals surface area contributed by atoms with Crippen LogP contribution in [0.1, 0.15) is 12.8 Å². The molecule has 2 fully saturated rings. The molecule has 1 aromatic carbocycles. The Morgan fingerprint density at radius 2 is 2.04 bits per heavy atom. The quantitative estimate of drug-likeness (QED) is 0.604. The van der Waals surface area contributed by atoms with E-state index in [-0.39, 0.29) is 23.8 Å². The first-order valence-electron chi connectivity index (χ1n) is 8.20. The van der Waals surface area contributed by atoms with Crippen molar-refractivity contribution in [1.29, 1.82) is 0 Å². The minimum atomic E-state index is -0.609. The summed E-state index contributed by atoms with van der Waals surface area (Å²) in [5.74, 6) is -0.978. The van der Waals surface area contributed by atoms with E-state index in [1.54, 1.807) is 29.2 Å². The van der Waals surface area contributed by atoms with E-state index in [0.717, 1.165) is 11.3 Å². The highest BCUT2D eigenvalue weighted by Gasteiger charge is 2.49. The van der Waals surface area contributed by atoms with Crippen molar-refractivity contribution in [2.45, 2.75) is 18.9 Å². The molecular weight excluding hydrogens is 356 g/mol. The van der Waals surface area contributed by atoms with Gasteiger partial charge in [0.2, 0.25) is 0 Å². The summed E-state index contributed by atoms with van der Waals surface area (Å²) in [7, 11) is 1.34. The molecule has 2 aliphatic heterocycles. The van der Waals surface area contributed by atoms with E-state index in [2.05, 4.69) is 9.59 Å². The Bertz CT molecular complexity index is 852. The normalized spacial score (nSPS) is 22.5. The van der Waals surface area contributed by atoms with Crippen LogP contribution in [-0.2, 0) is 14.3 Å². The van der Waals surface area contributed by atoms with Crippen LogP contribution >= 0.6 is 11.5 Å². The third-order valence-corrected chi connectivity index (χ3v) is 5.37. The number of esters is 1. The first-order valence-corrected chi connectivity index (χ1v) is 9.03. The van der Waals surface area contributed by atoms with Gasteiger partial charge in [0.15, 0.2) is 0 Å². The summed E-state index contributed by atoms with van der Waals surface area (Å²) in [6, 6.07) is 6.11. The lowest BCUT2D eigenvalue weighted by atomic mass is 9.91. The van der Waals surface area contributed by atoms with E-state index in [1.807, 2.05) is 5.38 Å². The van der Waals surface area contributed by atoms with Gasteiger partial charge in [-0.1, -0.05) is 16.6 Å². The van der Waals surface area contributed by atoms with E-state index in [1.165, 1.54) is 23.5 Å². The molecule has 2 atom stereocenters. The van der Waals surface area contributed by atoms with Gasteiger partial charge >= 0.3 is 12.0 Å². The predicted molar refractivity (Wildman–Crippen MR) is 93.5 cm³/mol. The number of carbonyl (C=O) groups excluding carboxylic acids is 3. The fourth-order valence-electron chi connectivity index (χ4n) is 3.49. The fraction of sp³-hybridized carbons (Fsp3) is 0.353. The van der Waals surface area contributed by atoms with Crippen LogP contribution in [0.5, 0.6) is 0 Å². The van der Waals surface area contributed by atoms with Gasteiger partial charge < -0.3 is 9.64 Å².